The summed E-state index contributed by atoms with van der Waals surface area (Å²) in [6.07, 6.45) is 5.09. The number of rotatable bonds is 3. The minimum Gasteiger partial charge on any atom is -0.329 e. The van der Waals surface area contributed by atoms with Gasteiger partial charge in [0.2, 0.25) is 0 Å². The van der Waals surface area contributed by atoms with E-state index in [0.29, 0.717) is 6.04 Å². The standard InChI is InChI=1S/C16H34N4/c1-4-19-10-5-7-16(14-17,8-12-19)20-11-6-9-18(3)13-15(20)2/h15H,4-14,17H2,1-3H3. The van der Waals surface area contributed by atoms with Gasteiger partial charge in [0.1, 0.15) is 0 Å². The summed E-state index contributed by atoms with van der Waals surface area (Å²) in [7, 11) is 2.25. The molecule has 0 saturated carbocycles. The second-order valence-corrected chi connectivity index (χ2v) is 6.87. The molecule has 0 aliphatic carbocycles. The van der Waals surface area contributed by atoms with Crippen molar-refractivity contribution >= 4 is 0 Å². The van der Waals surface area contributed by atoms with Crippen molar-refractivity contribution in [1.82, 2.24) is 14.7 Å². The largest absolute Gasteiger partial charge is 0.329 e. The van der Waals surface area contributed by atoms with Crippen molar-refractivity contribution in [3.63, 3.8) is 0 Å². The average Bonchev–Trinajstić information content (AvgIpc) is 2.75. The van der Waals surface area contributed by atoms with Crippen molar-refractivity contribution < 1.29 is 0 Å². The van der Waals surface area contributed by atoms with Gasteiger partial charge in [0.25, 0.3) is 0 Å². The lowest BCUT2D eigenvalue weighted by Gasteiger charge is -2.46. The van der Waals surface area contributed by atoms with E-state index < -0.39 is 0 Å². The van der Waals surface area contributed by atoms with E-state index in [9.17, 15) is 0 Å². The molecule has 2 aliphatic heterocycles. The van der Waals surface area contributed by atoms with Crippen molar-refractivity contribution in [3.8, 4) is 0 Å². The van der Waals surface area contributed by atoms with Gasteiger partial charge in [-0.25, -0.2) is 0 Å². The van der Waals surface area contributed by atoms with Gasteiger partial charge in [-0.05, 0) is 65.8 Å². The van der Waals surface area contributed by atoms with Crippen LogP contribution in [-0.4, -0.2) is 79.1 Å². The normalized spacial score (nSPS) is 35.7. The van der Waals surface area contributed by atoms with E-state index in [2.05, 4.69) is 35.6 Å². The molecule has 0 aromatic carbocycles. The van der Waals surface area contributed by atoms with Crippen LogP contribution in [0.5, 0.6) is 0 Å². The molecule has 2 aliphatic rings. The number of hydrogen-bond donors (Lipinski definition) is 1. The van der Waals surface area contributed by atoms with Crippen molar-refractivity contribution in [2.24, 2.45) is 5.73 Å². The molecule has 0 aromatic rings. The molecule has 2 atom stereocenters. The Kier molecular flexibility index (Phi) is 5.84. The van der Waals surface area contributed by atoms with E-state index in [1.165, 1.54) is 65.0 Å². The van der Waals surface area contributed by atoms with Gasteiger partial charge >= 0.3 is 0 Å². The minimum absolute atomic E-state index is 0.245. The Morgan fingerprint density at radius 2 is 1.90 bits per heavy atom. The van der Waals surface area contributed by atoms with Crippen LogP contribution < -0.4 is 5.73 Å². The molecule has 20 heavy (non-hydrogen) atoms. The molecular weight excluding hydrogens is 248 g/mol. The van der Waals surface area contributed by atoms with Crippen LogP contribution in [0.2, 0.25) is 0 Å². The summed E-state index contributed by atoms with van der Waals surface area (Å²) in [4.78, 5) is 7.83. The maximum atomic E-state index is 6.30. The predicted molar refractivity (Wildman–Crippen MR) is 86.0 cm³/mol. The average molecular weight is 282 g/mol. The Bertz CT molecular complexity index is 296. The summed E-state index contributed by atoms with van der Waals surface area (Å²) in [5.74, 6) is 0. The number of nitrogens with two attached hydrogens (primary N) is 1. The van der Waals surface area contributed by atoms with Crippen LogP contribution in [0.15, 0.2) is 0 Å². The van der Waals surface area contributed by atoms with Gasteiger partial charge in [-0.15, -0.1) is 0 Å². The molecule has 0 amide bonds. The van der Waals surface area contributed by atoms with Crippen molar-refractivity contribution in [2.75, 3.05) is 52.9 Å². The lowest BCUT2D eigenvalue weighted by Crippen LogP contribution is -2.58. The Balaban J connectivity index is 2.12. The van der Waals surface area contributed by atoms with E-state index in [1.54, 1.807) is 0 Å². The number of nitrogens with zero attached hydrogens (tertiary/aromatic N) is 3. The van der Waals surface area contributed by atoms with Crippen LogP contribution >= 0.6 is 0 Å². The van der Waals surface area contributed by atoms with E-state index >= 15 is 0 Å². The third-order valence-electron chi connectivity index (χ3n) is 5.49. The topological polar surface area (TPSA) is 35.7 Å². The van der Waals surface area contributed by atoms with Crippen molar-refractivity contribution in [1.29, 1.82) is 0 Å². The fourth-order valence-electron chi connectivity index (χ4n) is 4.24. The fraction of sp³-hybridized carbons (Fsp3) is 1.00. The first-order chi connectivity index (χ1) is 9.61. The SMILES string of the molecule is CCN1CCCC(CN)(N2CCCN(C)CC2C)CC1. The maximum absolute atomic E-state index is 6.30. The minimum atomic E-state index is 0.245. The molecule has 0 radical (unpaired) electrons. The Morgan fingerprint density at radius 3 is 2.60 bits per heavy atom. The lowest BCUT2D eigenvalue weighted by molar-refractivity contribution is 0.0440. The van der Waals surface area contributed by atoms with Crippen LogP contribution in [0.1, 0.15) is 39.5 Å². The molecule has 4 nitrogen and oxygen atoms in total. The highest BCUT2D eigenvalue weighted by Gasteiger charge is 2.39. The van der Waals surface area contributed by atoms with Crippen LogP contribution in [-0.2, 0) is 0 Å². The summed E-state index contributed by atoms with van der Waals surface area (Å²) in [6, 6.07) is 0.624. The second-order valence-electron chi connectivity index (χ2n) is 6.87. The van der Waals surface area contributed by atoms with E-state index in [4.69, 9.17) is 5.73 Å². The molecule has 2 rings (SSSR count). The second kappa shape index (κ2) is 7.21. The molecule has 2 heterocycles. The molecule has 0 spiro atoms. The van der Waals surface area contributed by atoms with Crippen molar-refractivity contribution in [3.05, 3.63) is 0 Å². The smallest absolute Gasteiger partial charge is 0.0347 e. The lowest BCUT2D eigenvalue weighted by atomic mass is 9.87. The predicted octanol–water partition coefficient (Wildman–Crippen LogP) is 1.22. The van der Waals surface area contributed by atoms with Crippen LogP contribution in [0.4, 0.5) is 0 Å². The van der Waals surface area contributed by atoms with Gasteiger partial charge in [-0.3, -0.25) is 4.90 Å². The molecular formula is C16H34N4. The monoisotopic (exact) mass is 282 g/mol. The third kappa shape index (κ3) is 3.53. The highest BCUT2D eigenvalue weighted by molar-refractivity contribution is 4.97. The first-order valence-corrected chi connectivity index (χ1v) is 8.49. The fourth-order valence-corrected chi connectivity index (χ4v) is 4.24. The summed E-state index contributed by atoms with van der Waals surface area (Å²) in [5, 5.41) is 0. The first kappa shape index (κ1) is 16.2. The highest BCUT2D eigenvalue weighted by atomic mass is 15.3. The zero-order valence-electron chi connectivity index (χ0n) is 13.8. The summed E-state index contributed by atoms with van der Waals surface area (Å²) in [5.41, 5.74) is 6.54. The van der Waals surface area contributed by atoms with Crippen LogP contribution in [0, 0.1) is 0 Å². The molecule has 2 N–H and O–H groups in total. The summed E-state index contributed by atoms with van der Waals surface area (Å²) < 4.78 is 0. The van der Waals surface area contributed by atoms with E-state index in [1.807, 2.05) is 0 Å². The van der Waals surface area contributed by atoms with Gasteiger partial charge in [-0.2, -0.15) is 0 Å². The number of likely N-dealkylation sites (tertiary alicyclic amines) is 1. The third-order valence-corrected chi connectivity index (χ3v) is 5.49. The van der Waals surface area contributed by atoms with Crippen molar-refractivity contribution in [2.45, 2.75) is 51.1 Å². The van der Waals surface area contributed by atoms with Gasteiger partial charge < -0.3 is 15.5 Å². The number of hydrogen-bond acceptors (Lipinski definition) is 4. The first-order valence-electron chi connectivity index (χ1n) is 8.49. The molecule has 0 bridgehead atoms. The molecule has 2 saturated heterocycles. The van der Waals surface area contributed by atoms with E-state index in [0.717, 1.165) is 6.54 Å². The highest BCUT2D eigenvalue weighted by Crippen LogP contribution is 2.31. The Labute approximate surface area is 125 Å². The summed E-state index contributed by atoms with van der Waals surface area (Å²) >= 11 is 0. The van der Waals surface area contributed by atoms with Gasteiger partial charge in [-0.1, -0.05) is 6.92 Å². The van der Waals surface area contributed by atoms with Gasteiger partial charge in [0.05, 0.1) is 0 Å². The quantitative estimate of drug-likeness (QED) is 0.844. The molecule has 118 valence electrons. The maximum Gasteiger partial charge on any atom is 0.0347 e. The molecule has 4 heteroatoms. The van der Waals surface area contributed by atoms with Crippen LogP contribution in [0.25, 0.3) is 0 Å². The molecule has 2 fully saturated rings. The van der Waals surface area contributed by atoms with E-state index in [-0.39, 0.29) is 5.54 Å². The molecule has 2 unspecified atom stereocenters. The van der Waals surface area contributed by atoms with Gasteiger partial charge in [0.15, 0.2) is 0 Å². The van der Waals surface area contributed by atoms with Gasteiger partial charge in [0, 0.05) is 31.2 Å². The zero-order valence-corrected chi connectivity index (χ0v) is 13.8. The molecule has 0 aromatic heterocycles. The zero-order chi connectivity index (χ0) is 14.6. The Hall–Kier alpha value is -0.160. The van der Waals surface area contributed by atoms with Crippen LogP contribution in [0.3, 0.4) is 0 Å². The summed E-state index contributed by atoms with van der Waals surface area (Å²) in [6.45, 7) is 12.8. The number of likely N-dealkylation sites (N-methyl/N-ethyl adjacent to an activating group) is 1. The Morgan fingerprint density at radius 1 is 1.10 bits per heavy atom.